The Balaban J connectivity index is 2.01. The van der Waals surface area contributed by atoms with E-state index in [0.717, 1.165) is 0 Å². The van der Waals surface area contributed by atoms with Crippen LogP contribution in [0, 0.1) is 12.8 Å². The highest BCUT2D eigenvalue weighted by molar-refractivity contribution is 5.85. The zero-order valence-corrected chi connectivity index (χ0v) is 8.84. The highest BCUT2D eigenvalue weighted by Gasteiger charge is 2.34. The van der Waals surface area contributed by atoms with E-state index < -0.39 is 11.9 Å². The Bertz CT molecular complexity index is 426. The predicted octanol–water partition coefficient (Wildman–Crippen LogP) is 0.416. The van der Waals surface area contributed by atoms with Crippen molar-refractivity contribution in [3.8, 4) is 0 Å². The zero-order valence-electron chi connectivity index (χ0n) is 8.84. The van der Waals surface area contributed by atoms with Gasteiger partial charge < -0.3 is 14.5 Å². The van der Waals surface area contributed by atoms with Crippen molar-refractivity contribution in [2.24, 2.45) is 5.92 Å². The maximum atomic E-state index is 11.5. The first-order chi connectivity index (χ1) is 7.56. The summed E-state index contributed by atoms with van der Waals surface area (Å²) in [4.78, 5) is 23.7. The van der Waals surface area contributed by atoms with Gasteiger partial charge in [0.1, 0.15) is 11.5 Å². The van der Waals surface area contributed by atoms with Crippen molar-refractivity contribution in [3.05, 3.63) is 17.5 Å². The van der Waals surface area contributed by atoms with Crippen LogP contribution in [-0.4, -0.2) is 33.6 Å². The fraction of sp³-hybridized carbons (Fsp3) is 0.500. The molecule has 1 atom stereocenters. The predicted molar refractivity (Wildman–Crippen MR) is 52.4 cm³/mol. The standard InChI is InChI=1S/C10H12N2O4/c1-6-2-8(11-16-6)5-12-4-7(10(14)15)3-9(12)13/h2,7H,3-5H2,1H3,(H,14,15). The van der Waals surface area contributed by atoms with E-state index in [0.29, 0.717) is 18.0 Å². The number of carbonyl (C=O) groups is 2. The Morgan fingerprint density at radius 1 is 1.75 bits per heavy atom. The Hall–Kier alpha value is -1.85. The average molecular weight is 224 g/mol. The third-order valence-corrected chi connectivity index (χ3v) is 2.59. The van der Waals surface area contributed by atoms with Crippen molar-refractivity contribution in [1.82, 2.24) is 10.1 Å². The molecule has 16 heavy (non-hydrogen) atoms. The minimum atomic E-state index is -0.924. The lowest BCUT2D eigenvalue weighted by molar-refractivity contribution is -0.141. The minimum absolute atomic E-state index is 0.0756. The van der Waals surface area contributed by atoms with Gasteiger partial charge in [-0.05, 0) is 6.92 Å². The van der Waals surface area contributed by atoms with E-state index in [1.54, 1.807) is 13.0 Å². The maximum absolute atomic E-state index is 11.5. The molecule has 0 spiro atoms. The van der Waals surface area contributed by atoms with Crippen molar-refractivity contribution < 1.29 is 19.2 Å². The molecule has 1 amide bonds. The van der Waals surface area contributed by atoms with E-state index >= 15 is 0 Å². The Morgan fingerprint density at radius 2 is 2.50 bits per heavy atom. The molecule has 6 heteroatoms. The van der Waals surface area contributed by atoms with E-state index in [2.05, 4.69) is 5.16 Å². The van der Waals surface area contributed by atoms with Gasteiger partial charge in [-0.25, -0.2) is 0 Å². The molecule has 1 aromatic heterocycles. The number of aryl methyl sites for hydroxylation is 1. The first-order valence-corrected chi connectivity index (χ1v) is 4.99. The molecule has 0 bridgehead atoms. The maximum Gasteiger partial charge on any atom is 0.308 e. The monoisotopic (exact) mass is 224 g/mol. The normalized spacial score (nSPS) is 20.4. The van der Waals surface area contributed by atoms with Crippen LogP contribution in [0.15, 0.2) is 10.6 Å². The van der Waals surface area contributed by atoms with E-state index in [1.807, 2.05) is 0 Å². The number of hydrogen-bond acceptors (Lipinski definition) is 4. The number of carboxylic acid groups (broad SMARTS) is 1. The summed E-state index contributed by atoms with van der Waals surface area (Å²) < 4.78 is 4.88. The van der Waals surface area contributed by atoms with E-state index in [9.17, 15) is 9.59 Å². The summed E-state index contributed by atoms with van der Waals surface area (Å²) in [7, 11) is 0. The summed E-state index contributed by atoms with van der Waals surface area (Å²) in [5, 5.41) is 12.6. The molecule has 1 N–H and O–H groups in total. The van der Waals surface area contributed by atoms with Crippen LogP contribution in [0.2, 0.25) is 0 Å². The third kappa shape index (κ3) is 2.05. The van der Waals surface area contributed by atoms with Crippen molar-refractivity contribution in [2.75, 3.05) is 6.54 Å². The molecule has 1 unspecified atom stereocenters. The quantitative estimate of drug-likeness (QED) is 0.804. The van der Waals surface area contributed by atoms with Gasteiger partial charge in [-0.1, -0.05) is 5.16 Å². The van der Waals surface area contributed by atoms with E-state index in [1.165, 1.54) is 4.90 Å². The Morgan fingerprint density at radius 3 is 3.00 bits per heavy atom. The number of aliphatic carboxylic acids is 1. The number of hydrogen-bond donors (Lipinski definition) is 1. The number of amides is 1. The molecule has 1 fully saturated rings. The van der Waals surface area contributed by atoms with Crippen LogP contribution in [0.25, 0.3) is 0 Å². The first kappa shape index (κ1) is 10.7. The van der Waals surface area contributed by atoms with Gasteiger partial charge in [0.25, 0.3) is 0 Å². The Kier molecular flexibility index (Phi) is 2.64. The fourth-order valence-electron chi connectivity index (χ4n) is 1.78. The van der Waals surface area contributed by atoms with Crippen LogP contribution >= 0.6 is 0 Å². The first-order valence-electron chi connectivity index (χ1n) is 4.99. The van der Waals surface area contributed by atoms with Gasteiger partial charge in [-0.3, -0.25) is 9.59 Å². The van der Waals surface area contributed by atoms with E-state index in [4.69, 9.17) is 9.63 Å². The molecular formula is C10H12N2O4. The molecule has 0 aromatic carbocycles. The second-order valence-corrected chi connectivity index (χ2v) is 3.94. The molecule has 2 heterocycles. The lowest BCUT2D eigenvalue weighted by Crippen LogP contribution is -2.25. The molecule has 0 radical (unpaired) electrons. The summed E-state index contributed by atoms with van der Waals surface area (Å²) in [6.45, 7) is 2.34. The molecule has 1 aliphatic rings. The summed E-state index contributed by atoms with van der Waals surface area (Å²) >= 11 is 0. The lowest BCUT2D eigenvalue weighted by Gasteiger charge is -2.13. The van der Waals surface area contributed by atoms with Gasteiger partial charge >= 0.3 is 5.97 Å². The van der Waals surface area contributed by atoms with Gasteiger partial charge in [0.2, 0.25) is 5.91 Å². The van der Waals surface area contributed by atoms with Crippen molar-refractivity contribution in [3.63, 3.8) is 0 Å². The van der Waals surface area contributed by atoms with Crippen molar-refractivity contribution >= 4 is 11.9 Å². The van der Waals surface area contributed by atoms with Gasteiger partial charge in [0, 0.05) is 19.0 Å². The van der Waals surface area contributed by atoms with Crippen LogP contribution in [0.3, 0.4) is 0 Å². The molecule has 0 aliphatic carbocycles. The number of likely N-dealkylation sites (tertiary alicyclic amines) is 1. The van der Waals surface area contributed by atoms with E-state index in [-0.39, 0.29) is 18.9 Å². The van der Waals surface area contributed by atoms with Crippen LogP contribution in [0.5, 0.6) is 0 Å². The second-order valence-electron chi connectivity index (χ2n) is 3.94. The minimum Gasteiger partial charge on any atom is -0.481 e. The summed E-state index contributed by atoms with van der Waals surface area (Å²) in [6.07, 6.45) is 0.0756. The SMILES string of the molecule is Cc1cc(CN2CC(C(=O)O)CC2=O)no1. The molecule has 0 saturated carbocycles. The topological polar surface area (TPSA) is 83.6 Å². The zero-order chi connectivity index (χ0) is 11.7. The molecule has 1 saturated heterocycles. The smallest absolute Gasteiger partial charge is 0.308 e. The van der Waals surface area contributed by atoms with Crippen LogP contribution < -0.4 is 0 Å². The summed E-state index contributed by atoms with van der Waals surface area (Å²) in [6, 6.07) is 1.74. The number of carbonyl (C=O) groups excluding carboxylic acids is 1. The lowest BCUT2D eigenvalue weighted by atomic mass is 10.1. The highest BCUT2D eigenvalue weighted by Crippen LogP contribution is 2.20. The number of rotatable bonds is 3. The summed E-state index contributed by atoms with van der Waals surface area (Å²) in [5.74, 6) is -0.989. The number of nitrogens with zero attached hydrogens (tertiary/aromatic N) is 2. The molecule has 1 aliphatic heterocycles. The van der Waals surface area contributed by atoms with Crippen LogP contribution in [0.4, 0.5) is 0 Å². The largest absolute Gasteiger partial charge is 0.481 e. The van der Waals surface area contributed by atoms with Crippen molar-refractivity contribution in [2.45, 2.75) is 19.9 Å². The third-order valence-electron chi connectivity index (χ3n) is 2.59. The average Bonchev–Trinajstić information content (AvgIpc) is 2.75. The van der Waals surface area contributed by atoms with Gasteiger partial charge in [0.05, 0.1) is 12.5 Å². The number of carboxylic acids is 1. The molecule has 2 rings (SSSR count). The van der Waals surface area contributed by atoms with Crippen LogP contribution in [0.1, 0.15) is 17.9 Å². The second kappa shape index (κ2) is 3.96. The highest BCUT2D eigenvalue weighted by atomic mass is 16.5. The molecular weight excluding hydrogens is 212 g/mol. The van der Waals surface area contributed by atoms with Gasteiger partial charge in [-0.2, -0.15) is 0 Å². The molecule has 1 aromatic rings. The molecule has 6 nitrogen and oxygen atoms in total. The van der Waals surface area contributed by atoms with Crippen LogP contribution in [-0.2, 0) is 16.1 Å². The fourth-order valence-corrected chi connectivity index (χ4v) is 1.78. The van der Waals surface area contributed by atoms with Crippen molar-refractivity contribution in [1.29, 1.82) is 0 Å². The number of aromatic nitrogens is 1. The Labute approximate surface area is 91.8 Å². The molecule has 86 valence electrons. The van der Waals surface area contributed by atoms with Gasteiger partial charge in [0.15, 0.2) is 0 Å². The van der Waals surface area contributed by atoms with Gasteiger partial charge in [-0.15, -0.1) is 0 Å². The summed E-state index contributed by atoms with van der Waals surface area (Å²) in [5.41, 5.74) is 0.650.